The Labute approximate surface area is 523 Å². The first-order chi connectivity index (χ1) is 39.9. The number of nitrogens with zero attached hydrogens (tertiary/aromatic N) is 6. The molecule has 0 radical (unpaired) electrons. The van der Waals surface area contributed by atoms with E-state index in [0.717, 1.165) is 67.3 Å². The Bertz CT molecular complexity index is 3300. The molecule has 0 saturated heterocycles. The van der Waals surface area contributed by atoms with Crippen molar-refractivity contribution in [3.8, 4) is 11.5 Å². The smallest absolute Gasteiger partial charge is 0.226 e. The number of pyridine rings is 2. The molecule has 0 aliphatic carbocycles. The summed E-state index contributed by atoms with van der Waals surface area (Å²) in [6, 6.07) is 61.6. The molecule has 6 heterocycles. The van der Waals surface area contributed by atoms with Crippen LogP contribution in [0.2, 0.25) is 18.6 Å². The molecule has 0 amide bonds. The van der Waals surface area contributed by atoms with Crippen LogP contribution >= 0.6 is 42.7 Å². The molecule has 83 heavy (non-hydrogen) atoms. The predicted molar refractivity (Wildman–Crippen MR) is 367 cm³/mol. The van der Waals surface area contributed by atoms with Crippen LogP contribution < -0.4 is 35.6 Å². The fraction of sp³-hybridized carbons (Fsp3) is 0.303. The molecule has 0 bridgehead atoms. The molecule has 10 aromatic rings. The Morgan fingerprint density at radius 1 is 0.506 bits per heavy atom. The van der Waals surface area contributed by atoms with E-state index in [-0.39, 0.29) is 40.3 Å². The molecule has 4 N–H and O–H groups in total. The number of anilines is 2. The second-order valence-corrected chi connectivity index (χ2v) is 47.0. The van der Waals surface area contributed by atoms with Gasteiger partial charge in [0.15, 0.2) is 5.82 Å². The van der Waals surface area contributed by atoms with Crippen molar-refractivity contribution in [2.24, 2.45) is 0 Å². The van der Waals surface area contributed by atoms with Gasteiger partial charge in [-0.05, 0) is 113 Å². The van der Waals surface area contributed by atoms with Crippen LogP contribution in [-0.4, -0.2) is 70.3 Å². The van der Waals surface area contributed by atoms with Crippen LogP contribution in [0.3, 0.4) is 0 Å². The van der Waals surface area contributed by atoms with Gasteiger partial charge in [-0.25, -0.2) is 15.0 Å². The van der Waals surface area contributed by atoms with Gasteiger partial charge < -0.3 is 20.6 Å². The van der Waals surface area contributed by atoms with E-state index >= 15 is 0 Å². The molecule has 0 spiro atoms. The molecule has 0 saturated carbocycles. The number of hydrogen-bond donors (Lipinski definition) is 4. The number of benzene rings is 4. The van der Waals surface area contributed by atoms with Crippen molar-refractivity contribution in [2.45, 2.75) is 126 Å². The SMILES string of the molecule is CCC[CH2][Sn]([CH2]CCC)([CH2]CCC)[c]1ccccn1.Cc1cc2c(NC(C)C)nc(-c3ccccn3)nc2[nH]1.Cc1cc2c(NC(C)C)nc(Cl)nc2[nH]1.[Pd].c1ccc(PP(c2ccccc2)P(Pc2ccccc2)c2ccccc2)cc1. The summed E-state index contributed by atoms with van der Waals surface area (Å²) in [6.07, 6.45) is 12.0. The molecule has 6 aromatic heterocycles. The number of hydrogen-bond acceptors (Lipinski definition) is 8. The Morgan fingerprint density at radius 3 is 1.33 bits per heavy atom. The minimum Gasteiger partial charge on any atom is -0.367 e. The number of aromatic nitrogens is 8. The van der Waals surface area contributed by atoms with E-state index in [1.54, 1.807) is 9.91 Å². The third-order valence-electron chi connectivity index (χ3n) is 13.4. The molecule has 438 valence electrons. The van der Waals surface area contributed by atoms with Gasteiger partial charge in [-0.1, -0.05) is 144 Å². The second kappa shape index (κ2) is 35.8. The summed E-state index contributed by atoms with van der Waals surface area (Å²) in [5.74, 6) is 2.25. The van der Waals surface area contributed by atoms with Crippen molar-refractivity contribution in [3.05, 3.63) is 199 Å². The van der Waals surface area contributed by atoms with Gasteiger partial charge in [0.1, 0.15) is 28.6 Å². The number of unbranched alkanes of at least 4 members (excludes halogenated alkanes) is 3. The van der Waals surface area contributed by atoms with Gasteiger partial charge in [-0.2, -0.15) is 4.98 Å². The van der Waals surface area contributed by atoms with Crippen LogP contribution in [0.1, 0.15) is 98.4 Å². The molecule has 4 aromatic carbocycles. The van der Waals surface area contributed by atoms with Crippen LogP contribution in [0.25, 0.3) is 33.6 Å². The molecule has 4 unspecified atom stereocenters. The van der Waals surface area contributed by atoms with Gasteiger partial charge in [0.2, 0.25) is 5.28 Å². The zero-order valence-corrected chi connectivity index (χ0v) is 58.6. The largest absolute Gasteiger partial charge is 0.367 e. The molecular weight excluding hydrogens is 1320 g/mol. The monoisotopic (exact) mass is 1400 g/mol. The molecule has 0 aliphatic heterocycles. The Morgan fingerprint density at radius 2 is 0.916 bits per heavy atom. The third kappa shape index (κ3) is 21.2. The van der Waals surface area contributed by atoms with Crippen molar-refractivity contribution < 1.29 is 20.4 Å². The van der Waals surface area contributed by atoms with E-state index < -0.39 is 18.4 Å². The van der Waals surface area contributed by atoms with E-state index in [1.807, 2.05) is 44.3 Å². The van der Waals surface area contributed by atoms with Crippen LogP contribution in [0.5, 0.6) is 0 Å². The molecule has 10 rings (SSSR count). The van der Waals surface area contributed by atoms with Crippen molar-refractivity contribution in [2.75, 3.05) is 10.6 Å². The molecular formula is C66H83ClN10P4PdSn. The summed E-state index contributed by atoms with van der Waals surface area (Å²) in [5.41, 5.74) is 4.50. The number of H-pyrrole nitrogens is 2. The van der Waals surface area contributed by atoms with Gasteiger partial charge in [-0.3, -0.25) is 4.98 Å². The minimum atomic E-state index is -2.21. The van der Waals surface area contributed by atoms with E-state index in [2.05, 4.69) is 240 Å². The summed E-state index contributed by atoms with van der Waals surface area (Å²) in [5, 5.41) is 14.9. The number of halogens is 1. The van der Waals surface area contributed by atoms with Gasteiger partial charge in [-0.15, -0.1) is 0 Å². The van der Waals surface area contributed by atoms with E-state index in [4.69, 9.17) is 16.6 Å². The summed E-state index contributed by atoms with van der Waals surface area (Å²) >= 11 is 3.63. The average molecular weight is 1400 g/mol. The van der Waals surface area contributed by atoms with Crippen molar-refractivity contribution in [3.63, 3.8) is 0 Å². The average Bonchev–Trinajstić information content (AvgIpc) is 4.16. The van der Waals surface area contributed by atoms with Gasteiger partial charge >= 0.3 is 124 Å². The fourth-order valence-electron chi connectivity index (χ4n) is 9.48. The van der Waals surface area contributed by atoms with Crippen molar-refractivity contribution in [1.82, 2.24) is 39.9 Å². The molecule has 4 atom stereocenters. The number of aromatic amines is 2. The van der Waals surface area contributed by atoms with Crippen molar-refractivity contribution in [1.29, 1.82) is 0 Å². The summed E-state index contributed by atoms with van der Waals surface area (Å²) in [4.78, 5) is 33.0. The first kappa shape index (κ1) is 67.6. The van der Waals surface area contributed by atoms with Crippen molar-refractivity contribution >= 4 is 120 Å². The first-order valence-electron chi connectivity index (χ1n) is 29.0. The van der Waals surface area contributed by atoms with E-state index in [9.17, 15) is 0 Å². The van der Waals surface area contributed by atoms with Crippen LogP contribution in [-0.2, 0) is 20.4 Å². The number of fused-ring (bicyclic) bond motifs is 2. The quantitative estimate of drug-likeness (QED) is 0.0300. The second-order valence-electron chi connectivity index (χ2n) is 21.0. The summed E-state index contributed by atoms with van der Waals surface area (Å²) in [7, 11) is 1.08. The Balaban J connectivity index is 0.000000182. The normalized spacial score (nSPS) is 12.1. The predicted octanol–water partition coefficient (Wildman–Crippen LogP) is 17.4. The molecule has 0 fully saturated rings. The number of rotatable bonds is 22. The summed E-state index contributed by atoms with van der Waals surface area (Å²) < 4.78 is 6.10. The standard InChI is InChI=1S/C24H22P4.C15H17N5.C10H13ClN4.C5H4N.3C4H9.Pd.Sn/c1-5-13-21(14-6-1)25-27(23-17-9-3-10-18-23)28(24-19-11-4-12-20-24)26-22-15-7-2-8-16-22;1-9(2)17-13-11-8-10(3)18-14(11)20-15(19-13)12-6-4-5-7-16-12;1-5(2)12-8-7-4-6(3)13-9(7)15-10(11)14-8;1-2-4-6-5-3-1;3*1-3-4-2;;/h1-20,25-26H;4-9H,1-3H3,(H2,17,18,19,20);4-5H,1-3H3,(H2,12,13,14,15);1-4H;3*1,3-4H2,2H3;;. The van der Waals surface area contributed by atoms with E-state index in [1.165, 1.54) is 73.1 Å². The van der Waals surface area contributed by atoms with E-state index in [0.29, 0.717) is 17.9 Å². The molecule has 17 heteroatoms. The topological polar surface area (TPSA) is 133 Å². The maximum absolute atomic E-state index is 5.83. The Kier molecular flexibility index (Phi) is 29.2. The third-order valence-corrected chi connectivity index (χ3v) is 46.5. The Hall–Kier alpha value is -4.51. The van der Waals surface area contributed by atoms with Crippen LogP contribution in [0.15, 0.2) is 182 Å². The zero-order chi connectivity index (χ0) is 58.1. The molecule has 0 aliphatic rings. The maximum Gasteiger partial charge on any atom is 0.226 e. The zero-order valence-electron chi connectivity index (χ0n) is 49.6. The first-order valence-corrected chi connectivity index (χ1v) is 43.9. The molecule has 10 nitrogen and oxygen atoms in total. The van der Waals surface area contributed by atoms with Crippen LogP contribution in [0.4, 0.5) is 11.6 Å². The minimum absolute atomic E-state index is 0. The van der Waals surface area contributed by atoms with Gasteiger partial charge in [0.25, 0.3) is 0 Å². The van der Waals surface area contributed by atoms with Gasteiger partial charge in [0, 0.05) is 50.1 Å². The number of nitrogens with one attached hydrogen (secondary N) is 4. The number of aryl methyl sites for hydroxylation is 2. The summed E-state index contributed by atoms with van der Waals surface area (Å²) in [6.45, 7) is 19.3. The van der Waals surface area contributed by atoms with Gasteiger partial charge in [0.05, 0.1) is 10.8 Å². The maximum atomic E-state index is 5.83. The fourth-order valence-corrected chi connectivity index (χ4v) is 43.6. The van der Waals surface area contributed by atoms with Crippen LogP contribution in [0, 0.1) is 13.8 Å².